The number of thiophene rings is 1. The van der Waals surface area contributed by atoms with Crippen LogP contribution in [0, 0.1) is 6.92 Å². The van der Waals surface area contributed by atoms with E-state index in [1.165, 1.54) is 21.2 Å². The minimum Gasteiger partial charge on any atom is -0.142 e. The maximum atomic E-state index is 6.12. The summed E-state index contributed by atoms with van der Waals surface area (Å²) in [6, 6.07) is 4.27. The molecule has 3 heteroatoms. The first-order chi connectivity index (χ1) is 6.24. The van der Waals surface area contributed by atoms with Gasteiger partial charge in [-0.05, 0) is 18.1 Å². The van der Waals surface area contributed by atoms with E-state index in [1.807, 2.05) is 5.38 Å². The van der Waals surface area contributed by atoms with Crippen LogP contribution in [0.1, 0.15) is 11.1 Å². The molecule has 0 nitrogen and oxygen atoms in total. The number of benzene rings is 1. The molecule has 0 saturated carbocycles. The molecule has 0 bridgehead atoms. The molecule has 0 aliphatic heterocycles. The summed E-state index contributed by atoms with van der Waals surface area (Å²) in [7, 11) is 0. The van der Waals surface area contributed by atoms with Gasteiger partial charge in [-0.3, -0.25) is 0 Å². The number of fused-ring (bicyclic) bond motifs is 1. The highest BCUT2D eigenvalue weighted by atomic mass is 79.9. The Hall–Kier alpha value is -0.0500. The summed E-state index contributed by atoms with van der Waals surface area (Å²) >= 11 is 11.3. The van der Waals surface area contributed by atoms with E-state index in [1.54, 1.807) is 11.3 Å². The highest BCUT2D eigenvalue weighted by molar-refractivity contribution is 9.08. The van der Waals surface area contributed by atoms with Crippen LogP contribution in [0.3, 0.4) is 0 Å². The SMILES string of the molecule is Cc1ccc(CBr)c2c(Cl)csc12. The van der Waals surface area contributed by atoms with E-state index in [0.717, 1.165) is 10.4 Å². The summed E-state index contributed by atoms with van der Waals surface area (Å²) in [5.74, 6) is 0. The van der Waals surface area contributed by atoms with Crippen molar-refractivity contribution in [2.45, 2.75) is 12.3 Å². The smallest absolute Gasteiger partial charge is 0.0594 e. The maximum Gasteiger partial charge on any atom is 0.0594 e. The van der Waals surface area contributed by atoms with Crippen molar-refractivity contribution < 1.29 is 0 Å². The minimum atomic E-state index is 0.861. The molecule has 1 heterocycles. The molecule has 13 heavy (non-hydrogen) atoms. The molecular weight excluding hydrogens is 268 g/mol. The Morgan fingerprint density at radius 3 is 2.92 bits per heavy atom. The third-order valence-corrected chi connectivity index (χ3v) is 4.25. The molecule has 2 aromatic rings. The molecular formula is C10H8BrClS. The zero-order valence-corrected chi connectivity index (χ0v) is 10.3. The third-order valence-electron chi connectivity index (χ3n) is 2.10. The van der Waals surface area contributed by atoms with Gasteiger partial charge < -0.3 is 0 Å². The largest absolute Gasteiger partial charge is 0.142 e. The average Bonchev–Trinajstić information content (AvgIpc) is 2.51. The van der Waals surface area contributed by atoms with Gasteiger partial charge in [0.15, 0.2) is 0 Å². The van der Waals surface area contributed by atoms with Crippen molar-refractivity contribution in [3.05, 3.63) is 33.7 Å². The molecule has 68 valence electrons. The van der Waals surface area contributed by atoms with Crippen molar-refractivity contribution in [2.24, 2.45) is 0 Å². The molecule has 1 aromatic carbocycles. The number of halogens is 2. The molecule has 0 atom stereocenters. The topological polar surface area (TPSA) is 0 Å². The standard InChI is InChI=1S/C10H8BrClS/c1-6-2-3-7(4-11)9-8(12)5-13-10(6)9/h2-3,5H,4H2,1H3. The fourth-order valence-corrected chi connectivity index (χ4v) is 3.25. The van der Waals surface area contributed by atoms with Gasteiger partial charge in [0.05, 0.1) is 5.02 Å². The molecule has 0 aliphatic rings. The van der Waals surface area contributed by atoms with Gasteiger partial charge >= 0.3 is 0 Å². The van der Waals surface area contributed by atoms with Gasteiger partial charge in [0.25, 0.3) is 0 Å². The summed E-state index contributed by atoms with van der Waals surface area (Å²) in [4.78, 5) is 0. The summed E-state index contributed by atoms with van der Waals surface area (Å²) in [5, 5.41) is 4.95. The fourth-order valence-electron chi connectivity index (χ4n) is 1.42. The zero-order chi connectivity index (χ0) is 9.42. The van der Waals surface area contributed by atoms with Crippen molar-refractivity contribution >= 4 is 49.0 Å². The Kier molecular flexibility index (Phi) is 2.63. The van der Waals surface area contributed by atoms with Gasteiger partial charge in [0.1, 0.15) is 0 Å². The van der Waals surface area contributed by atoms with Crippen LogP contribution in [0.25, 0.3) is 10.1 Å². The van der Waals surface area contributed by atoms with Crippen LogP contribution < -0.4 is 0 Å². The number of rotatable bonds is 1. The van der Waals surface area contributed by atoms with Crippen molar-refractivity contribution in [2.75, 3.05) is 0 Å². The van der Waals surface area contributed by atoms with E-state index < -0.39 is 0 Å². The average molecular weight is 276 g/mol. The first-order valence-electron chi connectivity index (χ1n) is 3.95. The van der Waals surface area contributed by atoms with E-state index in [9.17, 15) is 0 Å². The summed E-state index contributed by atoms with van der Waals surface area (Å²) < 4.78 is 1.31. The van der Waals surface area contributed by atoms with Gasteiger partial charge in [-0.25, -0.2) is 0 Å². The Morgan fingerprint density at radius 1 is 1.46 bits per heavy atom. The van der Waals surface area contributed by atoms with E-state index in [-0.39, 0.29) is 0 Å². The molecule has 2 rings (SSSR count). The summed E-state index contributed by atoms with van der Waals surface area (Å²) in [5.41, 5.74) is 2.57. The van der Waals surface area contributed by atoms with Gasteiger partial charge in [0.2, 0.25) is 0 Å². The molecule has 1 aromatic heterocycles. The molecule has 0 spiro atoms. The fraction of sp³-hybridized carbons (Fsp3) is 0.200. The quantitative estimate of drug-likeness (QED) is 0.658. The molecule has 0 unspecified atom stereocenters. The Labute approximate surface area is 94.7 Å². The molecule has 0 aliphatic carbocycles. The van der Waals surface area contributed by atoms with Crippen LogP contribution in [-0.4, -0.2) is 0 Å². The van der Waals surface area contributed by atoms with Crippen LogP contribution in [-0.2, 0) is 5.33 Å². The van der Waals surface area contributed by atoms with Crippen molar-refractivity contribution in [3.63, 3.8) is 0 Å². The van der Waals surface area contributed by atoms with E-state index in [4.69, 9.17) is 11.6 Å². The maximum absolute atomic E-state index is 6.12. The van der Waals surface area contributed by atoms with E-state index >= 15 is 0 Å². The van der Waals surface area contributed by atoms with Crippen molar-refractivity contribution in [1.82, 2.24) is 0 Å². The predicted molar refractivity (Wildman–Crippen MR) is 64.2 cm³/mol. The monoisotopic (exact) mass is 274 g/mol. The van der Waals surface area contributed by atoms with Gasteiger partial charge in [-0.2, -0.15) is 0 Å². The van der Waals surface area contributed by atoms with Gasteiger partial charge in [-0.15, -0.1) is 11.3 Å². The Bertz CT molecular complexity index is 447. The molecule has 0 fully saturated rings. The molecule has 0 saturated heterocycles. The van der Waals surface area contributed by atoms with Crippen LogP contribution >= 0.6 is 38.9 Å². The zero-order valence-electron chi connectivity index (χ0n) is 7.10. The van der Waals surface area contributed by atoms with Gasteiger partial charge in [-0.1, -0.05) is 39.7 Å². The summed E-state index contributed by atoms with van der Waals surface area (Å²) in [6.45, 7) is 2.12. The number of aryl methyl sites for hydroxylation is 1. The lowest BCUT2D eigenvalue weighted by Gasteiger charge is -2.01. The normalized spacial score (nSPS) is 11.0. The lowest BCUT2D eigenvalue weighted by atomic mass is 10.1. The van der Waals surface area contributed by atoms with Crippen LogP contribution in [0.2, 0.25) is 5.02 Å². The van der Waals surface area contributed by atoms with Crippen molar-refractivity contribution in [3.8, 4) is 0 Å². The van der Waals surface area contributed by atoms with Crippen LogP contribution in [0.15, 0.2) is 17.5 Å². The Morgan fingerprint density at radius 2 is 2.23 bits per heavy atom. The second-order valence-electron chi connectivity index (χ2n) is 2.96. The van der Waals surface area contributed by atoms with Crippen LogP contribution in [0.5, 0.6) is 0 Å². The first-order valence-corrected chi connectivity index (χ1v) is 6.33. The highest BCUT2D eigenvalue weighted by Crippen LogP contribution is 2.35. The lowest BCUT2D eigenvalue weighted by molar-refractivity contribution is 1.46. The minimum absolute atomic E-state index is 0.861. The highest BCUT2D eigenvalue weighted by Gasteiger charge is 2.08. The second-order valence-corrected chi connectivity index (χ2v) is 4.81. The van der Waals surface area contributed by atoms with Crippen molar-refractivity contribution in [1.29, 1.82) is 0 Å². The first kappa shape index (κ1) is 9.50. The van der Waals surface area contributed by atoms with E-state index in [2.05, 4.69) is 35.0 Å². The number of hydrogen-bond donors (Lipinski definition) is 0. The number of alkyl halides is 1. The second kappa shape index (κ2) is 3.60. The van der Waals surface area contributed by atoms with Gasteiger partial charge in [0, 0.05) is 20.8 Å². The molecule has 0 N–H and O–H groups in total. The summed E-state index contributed by atoms with van der Waals surface area (Å²) in [6.07, 6.45) is 0. The third kappa shape index (κ3) is 1.51. The Balaban J connectivity index is 2.88. The molecule has 0 radical (unpaired) electrons. The van der Waals surface area contributed by atoms with Crippen LogP contribution in [0.4, 0.5) is 0 Å². The van der Waals surface area contributed by atoms with E-state index in [0.29, 0.717) is 0 Å². The lowest BCUT2D eigenvalue weighted by Crippen LogP contribution is -1.80. The predicted octanol–water partition coefficient (Wildman–Crippen LogP) is 4.76. The number of hydrogen-bond acceptors (Lipinski definition) is 1. The molecule has 0 amide bonds.